The van der Waals surface area contributed by atoms with Crippen molar-refractivity contribution in [2.45, 2.75) is 65.3 Å². The highest BCUT2D eigenvalue weighted by Gasteiger charge is 2.49. The average Bonchev–Trinajstić information content (AvgIpc) is 3.05. The molecule has 0 aliphatic heterocycles. The molecule has 0 bridgehead atoms. The van der Waals surface area contributed by atoms with Crippen LogP contribution in [-0.2, 0) is 4.79 Å². The molecule has 4 N–H and O–H groups in total. The number of nitrogens with one attached hydrogen (secondary N) is 1. The number of nitrogens with zero attached hydrogens (tertiary/aromatic N) is 1. The van der Waals surface area contributed by atoms with E-state index in [4.69, 9.17) is 0 Å². The van der Waals surface area contributed by atoms with Crippen molar-refractivity contribution in [3.05, 3.63) is 0 Å². The van der Waals surface area contributed by atoms with Crippen molar-refractivity contribution in [2.75, 3.05) is 0 Å². The lowest BCUT2D eigenvalue weighted by Crippen LogP contribution is -2.51. The predicted octanol–water partition coefficient (Wildman–Crippen LogP) is 1.50. The summed E-state index contributed by atoms with van der Waals surface area (Å²) < 4.78 is 0. The number of carbonyl (C=O) groups is 1. The summed E-state index contributed by atoms with van der Waals surface area (Å²) in [5, 5.41) is 31.5. The molecule has 2 atom stereocenters. The summed E-state index contributed by atoms with van der Waals surface area (Å²) >= 11 is 0. The Labute approximate surface area is 114 Å². The fraction of sp³-hybridized carbons (Fsp3) is 0.923. The van der Waals surface area contributed by atoms with Gasteiger partial charge in [-0.1, -0.05) is 19.1 Å². The van der Waals surface area contributed by atoms with Gasteiger partial charge in [-0.15, -0.1) is 0 Å². The molecule has 0 radical (unpaired) electrons. The Bertz CT molecular complexity index is 303. The van der Waals surface area contributed by atoms with Gasteiger partial charge in [-0.05, 0) is 38.5 Å². The first-order valence-corrected chi connectivity index (χ1v) is 6.87. The molecule has 6 heteroatoms. The van der Waals surface area contributed by atoms with E-state index in [1.165, 1.54) is 0 Å². The fourth-order valence-corrected chi connectivity index (χ4v) is 2.28. The van der Waals surface area contributed by atoms with Crippen molar-refractivity contribution < 1.29 is 20.3 Å². The number of ketones is 1. The SMILES string of the molecule is CC(=O)CCC1(C(O)N[C@@H](CC(C)C)N(O)O)CC1. The first-order valence-electron chi connectivity index (χ1n) is 6.87. The van der Waals surface area contributed by atoms with Gasteiger partial charge in [-0.25, -0.2) is 0 Å². The minimum absolute atomic E-state index is 0.114. The van der Waals surface area contributed by atoms with E-state index in [2.05, 4.69) is 5.32 Å². The molecular weight excluding hydrogens is 248 g/mol. The highest BCUT2D eigenvalue weighted by Crippen LogP contribution is 2.52. The Hall–Kier alpha value is -0.530. The zero-order chi connectivity index (χ0) is 14.6. The van der Waals surface area contributed by atoms with Gasteiger partial charge in [0.05, 0.1) is 0 Å². The summed E-state index contributed by atoms with van der Waals surface area (Å²) in [4.78, 5) is 11.0. The van der Waals surface area contributed by atoms with Crippen molar-refractivity contribution in [2.24, 2.45) is 11.3 Å². The molecule has 1 rings (SSSR count). The van der Waals surface area contributed by atoms with Crippen LogP contribution in [0.1, 0.15) is 52.9 Å². The maximum Gasteiger partial charge on any atom is 0.129 e. The second-order valence-corrected chi connectivity index (χ2v) is 6.10. The average molecular weight is 274 g/mol. The fourth-order valence-electron chi connectivity index (χ4n) is 2.28. The number of hydrogen-bond acceptors (Lipinski definition) is 6. The van der Waals surface area contributed by atoms with Gasteiger partial charge >= 0.3 is 0 Å². The largest absolute Gasteiger partial charge is 0.378 e. The molecule has 19 heavy (non-hydrogen) atoms. The first kappa shape index (κ1) is 16.5. The summed E-state index contributed by atoms with van der Waals surface area (Å²) in [6.07, 6.45) is 1.80. The van der Waals surface area contributed by atoms with Crippen LogP contribution in [0.3, 0.4) is 0 Å². The maximum atomic E-state index is 11.0. The van der Waals surface area contributed by atoms with E-state index in [1.807, 2.05) is 13.8 Å². The van der Waals surface area contributed by atoms with E-state index >= 15 is 0 Å². The molecule has 0 aromatic carbocycles. The van der Waals surface area contributed by atoms with Crippen LogP contribution < -0.4 is 5.32 Å². The van der Waals surface area contributed by atoms with Gasteiger partial charge in [0.1, 0.15) is 18.2 Å². The highest BCUT2D eigenvalue weighted by atomic mass is 16.8. The molecule has 1 fully saturated rings. The third kappa shape index (κ3) is 5.16. The van der Waals surface area contributed by atoms with Crippen LogP contribution in [0.15, 0.2) is 0 Å². The number of Topliss-reactive ketones (excluding diaryl/α,β-unsaturated/α-hetero) is 1. The van der Waals surface area contributed by atoms with Crippen LogP contribution in [-0.4, -0.2) is 38.9 Å². The van der Waals surface area contributed by atoms with Gasteiger partial charge in [0.25, 0.3) is 0 Å². The predicted molar refractivity (Wildman–Crippen MR) is 69.4 cm³/mol. The van der Waals surface area contributed by atoms with Gasteiger partial charge in [-0.2, -0.15) is 0 Å². The number of carbonyl (C=O) groups excluding carboxylic acids is 1. The summed E-state index contributed by atoms with van der Waals surface area (Å²) in [6, 6.07) is 0. The molecule has 1 aliphatic rings. The molecule has 0 aromatic rings. The molecule has 112 valence electrons. The van der Waals surface area contributed by atoms with E-state index < -0.39 is 12.4 Å². The number of aliphatic hydroxyl groups is 1. The normalized spacial score (nSPS) is 20.6. The van der Waals surface area contributed by atoms with Gasteiger partial charge in [-0.3, -0.25) is 15.7 Å². The number of hydroxylamine groups is 2. The number of hydrogen-bond donors (Lipinski definition) is 4. The molecule has 1 aliphatic carbocycles. The van der Waals surface area contributed by atoms with Gasteiger partial charge in [0.2, 0.25) is 0 Å². The molecule has 6 nitrogen and oxygen atoms in total. The number of rotatable bonds is 9. The Morgan fingerprint density at radius 1 is 1.37 bits per heavy atom. The lowest BCUT2D eigenvalue weighted by Gasteiger charge is -2.30. The summed E-state index contributed by atoms with van der Waals surface area (Å²) in [5.41, 5.74) is -0.281. The Morgan fingerprint density at radius 2 is 1.95 bits per heavy atom. The van der Waals surface area contributed by atoms with E-state index in [9.17, 15) is 20.3 Å². The summed E-state index contributed by atoms with van der Waals surface area (Å²) in [5.74, 6) is 0.377. The monoisotopic (exact) mass is 274 g/mol. The van der Waals surface area contributed by atoms with Crippen LogP contribution in [0.5, 0.6) is 0 Å². The Kier molecular flexibility index (Phi) is 5.88. The lowest BCUT2D eigenvalue weighted by molar-refractivity contribution is -0.343. The zero-order valence-electron chi connectivity index (χ0n) is 12.0. The van der Waals surface area contributed by atoms with Crippen LogP contribution in [0.4, 0.5) is 0 Å². The van der Waals surface area contributed by atoms with Gasteiger partial charge < -0.3 is 9.90 Å². The van der Waals surface area contributed by atoms with Crippen molar-refractivity contribution in [3.63, 3.8) is 0 Å². The standard InChI is InChI=1S/C13H26N2O4/c1-9(2)8-11(15(18)19)14-12(17)13(6-7-13)5-4-10(3)16/h9,11-12,14,17-19H,4-8H2,1-3H3/t11-,12?/m1/s1. The third-order valence-corrected chi connectivity index (χ3v) is 3.77. The molecule has 1 saturated carbocycles. The van der Waals surface area contributed by atoms with E-state index in [-0.39, 0.29) is 22.3 Å². The lowest BCUT2D eigenvalue weighted by atomic mass is 9.96. The maximum absolute atomic E-state index is 11.0. The van der Waals surface area contributed by atoms with Crippen molar-refractivity contribution >= 4 is 5.78 Å². The minimum atomic E-state index is -0.822. The second-order valence-electron chi connectivity index (χ2n) is 6.10. The molecule has 0 heterocycles. The second kappa shape index (κ2) is 6.76. The Balaban J connectivity index is 2.51. The zero-order valence-corrected chi connectivity index (χ0v) is 12.0. The highest BCUT2D eigenvalue weighted by molar-refractivity contribution is 5.75. The van der Waals surface area contributed by atoms with Crippen LogP contribution >= 0.6 is 0 Å². The molecule has 0 amide bonds. The molecule has 0 saturated heterocycles. The van der Waals surface area contributed by atoms with Crippen LogP contribution in [0.25, 0.3) is 0 Å². The minimum Gasteiger partial charge on any atom is -0.378 e. The third-order valence-electron chi connectivity index (χ3n) is 3.77. The van der Waals surface area contributed by atoms with E-state index in [1.54, 1.807) is 6.92 Å². The van der Waals surface area contributed by atoms with Crippen molar-refractivity contribution in [3.8, 4) is 0 Å². The summed E-state index contributed by atoms with van der Waals surface area (Å²) in [7, 11) is 0. The molecular formula is C13H26N2O4. The van der Waals surface area contributed by atoms with Gasteiger partial charge in [0.15, 0.2) is 0 Å². The van der Waals surface area contributed by atoms with Gasteiger partial charge in [0, 0.05) is 11.8 Å². The van der Waals surface area contributed by atoms with Crippen LogP contribution in [0.2, 0.25) is 0 Å². The first-order chi connectivity index (χ1) is 8.77. The van der Waals surface area contributed by atoms with Crippen molar-refractivity contribution in [1.82, 2.24) is 10.5 Å². The van der Waals surface area contributed by atoms with Crippen LogP contribution in [0, 0.1) is 11.3 Å². The molecule has 1 unspecified atom stereocenters. The van der Waals surface area contributed by atoms with E-state index in [0.29, 0.717) is 19.3 Å². The quantitative estimate of drug-likeness (QED) is 0.376. The summed E-state index contributed by atoms with van der Waals surface area (Å²) in [6.45, 7) is 5.47. The van der Waals surface area contributed by atoms with E-state index in [0.717, 1.165) is 12.8 Å². The Morgan fingerprint density at radius 3 is 2.32 bits per heavy atom. The molecule has 0 aromatic heterocycles. The topological polar surface area (TPSA) is 93.0 Å². The van der Waals surface area contributed by atoms with Crippen molar-refractivity contribution in [1.29, 1.82) is 0 Å². The molecule has 0 spiro atoms. The number of aliphatic hydroxyl groups excluding tert-OH is 1. The smallest absolute Gasteiger partial charge is 0.129 e.